The van der Waals surface area contributed by atoms with Gasteiger partial charge in [0.1, 0.15) is 0 Å². The molecule has 0 radical (unpaired) electrons. The number of benzene rings is 3. The predicted octanol–water partition coefficient (Wildman–Crippen LogP) is 6.91. The molecule has 0 spiro atoms. The van der Waals surface area contributed by atoms with Crippen molar-refractivity contribution in [2.45, 2.75) is 6.18 Å². The molecule has 0 N–H and O–H groups in total. The van der Waals surface area contributed by atoms with Crippen LogP contribution in [-0.2, 0) is 6.18 Å². The molecule has 144 valence electrons. The first-order valence-corrected chi connectivity index (χ1v) is 9.50. The van der Waals surface area contributed by atoms with E-state index in [2.05, 4.69) is 20.9 Å². The molecule has 0 saturated carbocycles. The Morgan fingerprint density at radius 1 is 0.862 bits per heavy atom. The zero-order valence-electron chi connectivity index (χ0n) is 14.9. The van der Waals surface area contributed by atoms with Crippen LogP contribution in [0.15, 0.2) is 83.5 Å². The van der Waals surface area contributed by atoms with Crippen molar-refractivity contribution in [1.82, 2.24) is 4.98 Å². The Morgan fingerprint density at radius 2 is 1.55 bits per heavy atom. The highest BCUT2D eigenvalue weighted by Gasteiger charge is 2.34. The van der Waals surface area contributed by atoms with E-state index in [0.29, 0.717) is 16.7 Å². The van der Waals surface area contributed by atoms with Crippen LogP contribution in [0.25, 0.3) is 22.0 Å². The van der Waals surface area contributed by atoms with Gasteiger partial charge in [0.2, 0.25) is 0 Å². The summed E-state index contributed by atoms with van der Waals surface area (Å²) >= 11 is 3.33. The van der Waals surface area contributed by atoms with Gasteiger partial charge in [-0.05, 0) is 35.9 Å². The van der Waals surface area contributed by atoms with Crippen LogP contribution in [0.5, 0.6) is 0 Å². The summed E-state index contributed by atoms with van der Waals surface area (Å²) in [5, 5.41) is 0.286. The van der Waals surface area contributed by atoms with Crippen molar-refractivity contribution in [3.05, 3.63) is 100 Å². The van der Waals surface area contributed by atoms with E-state index >= 15 is 0 Å². The third kappa shape index (κ3) is 3.68. The molecule has 1 heterocycles. The molecule has 2 nitrogen and oxygen atoms in total. The smallest absolute Gasteiger partial charge is 0.289 e. The van der Waals surface area contributed by atoms with Crippen molar-refractivity contribution >= 4 is 32.6 Å². The van der Waals surface area contributed by atoms with Crippen LogP contribution < -0.4 is 0 Å². The number of nitrogens with zero attached hydrogens (tertiary/aromatic N) is 1. The van der Waals surface area contributed by atoms with Gasteiger partial charge in [-0.15, -0.1) is 0 Å². The lowest BCUT2D eigenvalue weighted by Crippen LogP contribution is -2.09. The number of hydrogen-bond donors (Lipinski definition) is 0. The molecule has 0 aliphatic carbocycles. The highest BCUT2D eigenvalue weighted by Crippen LogP contribution is 2.38. The minimum Gasteiger partial charge on any atom is -0.289 e. The minimum absolute atomic E-state index is 0.175. The molecule has 4 rings (SSSR count). The fourth-order valence-corrected chi connectivity index (χ4v) is 3.56. The van der Waals surface area contributed by atoms with Gasteiger partial charge in [0.15, 0.2) is 5.78 Å². The second kappa shape index (κ2) is 7.44. The average Bonchev–Trinajstić information content (AvgIpc) is 2.72. The maximum Gasteiger partial charge on any atom is 0.418 e. The van der Waals surface area contributed by atoms with E-state index in [1.165, 1.54) is 12.3 Å². The zero-order valence-corrected chi connectivity index (χ0v) is 16.5. The van der Waals surface area contributed by atoms with Crippen LogP contribution in [0.3, 0.4) is 0 Å². The number of alkyl halides is 3. The molecule has 0 saturated heterocycles. The fourth-order valence-electron chi connectivity index (χ4n) is 3.30. The van der Waals surface area contributed by atoms with Crippen molar-refractivity contribution in [3.63, 3.8) is 0 Å². The maximum atomic E-state index is 13.5. The van der Waals surface area contributed by atoms with E-state index in [0.717, 1.165) is 10.5 Å². The zero-order chi connectivity index (χ0) is 20.6. The van der Waals surface area contributed by atoms with Crippen LogP contribution in [0.2, 0.25) is 0 Å². The van der Waals surface area contributed by atoms with Gasteiger partial charge in [0.25, 0.3) is 0 Å². The molecule has 0 atom stereocenters. The van der Waals surface area contributed by atoms with Gasteiger partial charge in [-0.1, -0.05) is 58.4 Å². The number of carbonyl (C=O) groups is 1. The lowest BCUT2D eigenvalue weighted by Gasteiger charge is -2.15. The van der Waals surface area contributed by atoms with Gasteiger partial charge in [0, 0.05) is 32.7 Å². The molecule has 1 aromatic heterocycles. The molecule has 0 unspecified atom stereocenters. The number of fused-ring (bicyclic) bond motifs is 1. The molecule has 3 aromatic carbocycles. The van der Waals surface area contributed by atoms with Crippen LogP contribution in [0.1, 0.15) is 21.5 Å². The summed E-state index contributed by atoms with van der Waals surface area (Å²) in [7, 11) is 0. The Morgan fingerprint density at radius 3 is 2.21 bits per heavy atom. The van der Waals surface area contributed by atoms with Crippen molar-refractivity contribution in [2.75, 3.05) is 0 Å². The van der Waals surface area contributed by atoms with Crippen LogP contribution in [0, 0.1) is 0 Å². The number of halogens is 4. The van der Waals surface area contributed by atoms with Crippen LogP contribution in [-0.4, -0.2) is 10.8 Å². The summed E-state index contributed by atoms with van der Waals surface area (Å²) in [4.78, 5) is 17.2. The Balaban J connectivity index is 2.03. The SMILES string of the molecule is O=C(c1ccc(Br)cc1)c1cnc2c(C(F)(F)F)cccc2c1-c1ccccc1. The van der Waals surface area contributed by atoms with E-state index in [4.69, 9.17) is 0 Å². The normalized spacial score (nSPS) is 11.6. The molecule has 6 heteroatoms. The molecule has 0 aliphatic rings. The molecule has 4 aromatic rings. The van der Waals surface area contributed by atoms with Gasteiger partial charge in [-0.25, -0.2) is 0 Å². The summed E-state index contributed by atoms with van der Waals surface area (Å²) in [6, 6.07) is 19.6. The molecule has 0 amide bonds. The predicted molar refractivity (Wildman–Crippen MR) is 110 cm³/mol. The third-order valence-corrected chi connectivity index (χ3v) is 5.15. The topological polar surface area (TPSA) is 30.0 Å². The van der Waals surface area contributed by atoms with Crippen molar-refractivity contribution < 1.29 is 18.0 Å². The second-order valence-corrected chi connectivity index (χ2v) is 7.36. The number of aromatic nitrogens is 1. The van der Waals surface area contributed by atoms with Gasteiger partial charge < -0.3 is 0 Å². The number of rotatable bonds is 3. The summed E-state index contributed by atoms with van der Waals surface area (Å²) in [6.07, 6.45) is -3.30. The monoisotopic (exact) mass is 455 g/mol. The van der Waals surface area contributed by atoms with Crippen molar-refractivity contribution in [3.8, 4) is 11.1 Å². The van der Waals surface area contributed by atoms with Crippen LogP contribution >= 0.6 is 15.9 Å². The first-order valence-electron chi connectivity index (χ1n) is 8.71. The Labute approximate surface area is 173 Å². The number of ketones is 1. The lowest BCUT2D eigenvalue weighted by molar-refractivity contribution is -0.136. The van der Waals surface area contributed by atoms with Gasteiger partial charge in [-0.3, -0.25) is 9.78 Å². The van der Waals surface area contributed by atoms with E-state index in [1.54, 1.807) is 54.6 Å². The number of carbonyl (C=O) groups excluding carboxylic acids is 1. The first-order chi connectivity index (χ1) is 13.9. The number of para-hydroxylation sites is 1. The quantitative estimate of drug-likeness (QED) is 0.314. The highest BCUT2D eigenvalue weighted by atomic mass is 79.9. The standard InChI is InChI=1S/C23H13BrF3NO/c24-16-11-9-15(10-12-16)22(29)18-13-28-21-17(7-4-8-19(21)23(25,26)27)20(18)14-5-2-1-3-6-14/h1-13H. The second-order valence-electron chi connectivity index (χ2n) is 6.45. The third-order valence-electron chi connectivity index (χ3n) is 4.62. The summed E-state index contributed by atoms with van der Waals surface area (Å²) in [5.74, 6) is -0.303. The van der Waals surface area contributed by atoms with Gasteiger partial charge in [0.05, 0.1) is 11.1 Å². The van der Waals surface area contributed by atoms with Crippen LogP contribution in [0.4, 0.5) is 13.2 Å². The minimum atomic E-state index is -4.54. The number of hydrogen-bond acceptors (Lipinski definition) is 2. The largest absolute Gasteiger partial charge is 0.418 e. The molecule has 0 aliphatic heterocycles. The Kier molecular flexibility index (Phi) is 4.96. The molecular formula is C23H13BrF3NO. The van der Waals surface area contributed by atoms with E-state index in [9.17, 15) is 18.0 Å². The molecule has 29 heavy (non-hydrogen) atoms. The van der Waals surface area contributed by atoms with Gasteiger partial charge >= 0.3 is 6.18 Å². The molecule has 0 bridgehead atoms. The molecule has 0 fully saturated rings. The summed E-state index contributed by atoms with van der Waals surface area (Å²) < 4.78 is 41.3. The fraction of sp³-hybridized carbons (Fsp3) is 0.0435. The van der Waals surface area contributed by atoms with E-state index < -0.39 is 11.7 Å². The highest BCUT2D eigenvalue weighted by molar-refractivity contribution is 9.10. The average molecular weight is 456 g/mol. The lowest BCUT2D eigenvalue weighted by atomic mass is 9.91. The number of pyridine rings is 1. The van der Waals surface area contributed by atoms with Crippen molar-refractivity contribution in [2.24, 2.45) is 0 Å². The van der Waals surface area contributed by atoms with Crippen molar-refractivity contribution in [1.29, 1.82) is 0 Å². The van der Waals surface area contributed by atoms with E-state index in [1.807, 2.05) is 6.07 Å². The maximum absolute atomic E-state index is 13.5. The first kappa shape index (κ1) is 19.3. The summed E-state index contributed by atoms with van der Waals surface area (Å²) in [6.45, 7) is 0. The van der Waals surface area contributed by atoms with E-state index in [-0.39, 0.29) is 22.2 Å². The van der Waals surface area contributed by atoms with Gasteiger partial charge in [-0.2, -0.15) is 13.2 Å². The summed E-state index contributed by atoms with van der Waals surface area (Å²) in [5.41, 5.74) is 0.777. The Hall–Kier alpha value is -2.99. The Bertz CT molecular complexity index is 1200. The molecular weight excluding hydrogens is 443 g/mol.